The zero-order valence-electron chi connectivity index (χ0n) is 19.6. The Morgan fingerprint density at radius 3 is 1.93 bits per heavy atom. The molecule has 0 aromatic rings. The van der Waals surface area contributed by atoms with E-state index in [2.05, 4.69) is 37.6 Å². The molecule has 0 aromatic carbocycles. The lowest BCUT2D eigenvalue weighted by Gasteiger charge is -2.27. The Morgan fingerprint density at radius 2 is 1.45 bits per heavy atom. The zero-order chi connectivity index (χ0) is 22.2. The van der Waals surface area contributed by atoms with Crippen molar-refractivity contribution in [3.8, 4) is 0 Å². The van der Waals surface area contributed by atoms with Crippen LogP contribution in [0.25, 0.3) is 5.32 Å². The first kappa shape index (κ1) is 27.6. The first-order valence-electron chi connectivity index (χ1n) is 10.2. The number of ether oxygens (including phenoxy) is 4. The van der Waals surface area contributed by atoms with E-state index in [4.69, 9.17) is 18.9 Å². The van der Waals surface area contributed by atoms with E-state index in [9.17, 15) is 0 Å². The molecule has 0 rings (SSSR count). The van der Waals surface area contributed by atoms with Crippen LogP contribution >= 0.6 is 0 Å². The number of methoxy groups -OCH3 is 4. The van der Waals surface area contributed by atoms with E-state index in [1.54, 1.807) is 35.5 Å². The Hall–Kier alpha value is -1.40. The van der Waals surface area contributed by atoms with E-state index in [0.29, 0.717) is 6.42 Å². The second-order valence-electron chi connectivity index (χ2n) is 7.37. The standard InChI is InChI=1S/C24H42NO4/c1-10-11-21(26-6)15-22(27-7)16-23(28-8)17-24(29-9)19(3)14-18(2)12-13-20(4)25-5/h10,13-14,21-24H,1,3,11-12,15-17H2,2,4-9H3/q-1. The molecule has 0 N–H and O–H groups in total. The van der Waals surface area contributed by atoms with Gasteiger partial charge in [-0.05, 0) is 31.8 Å². The summed E-state index contributed by atoms with van der Waals surface area (Å²) >= 11 is 0. The van der Waals surface area contributed by atoms with Crippen molar-refractivity contribution in [2.75, 3.05) is 35.5 Å². The van der Waals surface area contributed by atoms with Crippen molar-refractivity contribution < 1.29 is 18.9 Å². The summed E-state index contributed by atoms with van der Waals surface area (Å²) in [6.45, 7) is 12.1. The van der Waals surface area contributed by atoms with Gasteiger partial charge < -0.3 is 24.3 Å². The fourth-order valence-corrected chi connectivity index (χ4v) is 3.14. The number of hydrogen-bond acceptors (Lipinski definition) is 4. The number of nitrogens with zero attached hydrogens (tertiary/aromatic N) is 1. The maximum absolute atomic E-state index is 5.73. The second kappa shape index (κ2) is 16.4. The van der Waals surface area contributed by atoms with Crippen molar-refractivity contribution in [2.45, 2.75) is 70.4 Å². The molecular weight excluding hydrogens is 366 g/mol. The Kier molecular flexibility index (Phi) is 15.6. The van der Waals surface area contributed by atoms with Gasteiger partial charge in [0.15, 0.2) is 0 Å². The lowest BCUT2D eigenvalue weighted by atomic mass is 9.96. The van der Waals surface area contributed by atoms with Crippen molar-refractivity contribution in [1.29, 1.82) is 0 Å². The van der Waals surface area contributed by atoms with Crippen molar-refractivity contribution >= 4 is 0 Å². The largest absolute Gasteiger partial charge is 0.691 e. The van der Waals surface area contributed by atoms with E-state index in [1.165, 1.54) is 5.57 Å². The SMILES string of the molecule is C=CCC(CC(CC(CC(OC)C(=C)C=C(C)CC=C(C)[N-]C)OC)OC)OC. The molecule has 0 saturated carbocycles. The van der Waals surface area contributed by atoms with Crippen LogP contribution in [0.2, 0.25) is 0 Å². The van der Waals surface area contributed by atoms with Crippen LogP contribution in [-0.2, 0) is 18.9 Å². The van der Waals surface area contributed by atoms with E-state index in [1.807, 2.05) is 13.0 Å². The molecule has 168 valence electrons. The van der Waals surface area contributed by atoms with Gasteiger partial charge in [0.25, 0.3) is 0 Å². The quantitative estimate of drug-likeness (QED) is 0.232. The third-order valence-electron chi connectivity index (χ3n) is 5.16. The summed E-state index contributed by atoms with van der Waals surface area (Å²) in [7, 11) is 8.70. The van der Waals surface area contributed by atoms with Gasteiger partial charge in [-0.2, -0.15) is 5.70 Å². The summed E-state index contributed by atoms with van der Waals surface area (Å²) in [6, 6.07) is 0. The Bertz CT molecular complexity index is 527. The monoisotopic (exact) mass is 408 g/mol. The highest BCUT2D eigenvalue weighted by atomic mass is 16.5. The minimum absolute atomic E-state index is 0.00220. The topological polar surface area (TPSA) is 51.0 Å². The van der Waals surface area contributed by atoms with Crippen LogP contribution < -0.4 is 0 Å². The zero-order valence-corrected chi connectivity index (χ0v) is 19.6. The van der Waals surface area contributed by atoms with E-state index in [-0.39, 0.29) is 24.4 Å². The van der Waals surface area contributed by atoms with Crippen LogP contribution in [0.3, 0.4) is 0 Å². The number of rotatable bonds is 17. The smallest absolute Gasteiger partial charge is 0.0840 e. The van der Waals surface area contributed by atoms with Gasteiger partial charge in [-0.1, -0.05) is 37.3 Å². The van der Waals surface area contributed by atoms with Gasteiger partial charge in [-0.3, -0.25) is 0 Å². The molecule has 0 aliphatic carbocycles. The van der Waals surface area contributed by atoms with E-state index in [0.717, 1.165) is 37.0 Å². The first-order chi connectivity index (χ1) is 13.8. The Balaban J connectivity index is 4.94. The maximum atomic E-state index is 5.73. The normalized spacial score (nSPS) is 16.8. The fourth-order valence-electron chi connectivity index (χ4n) is 3.14. The van der Waals surface area contributed by atoms with Crippen molar-refractivity contribution in [2.24, 2.45) is 0 Å². The highest BCUT2D eigenvalue weighted by Gasteiger charge is 2.23. The van der Waals surface area contributed by atoms with Gasteiger partial charge in [-0.25, -0.2) is 0 Å². The predicted molar refractivity (Wildman–Crippen MR) is 122 cm³/mol. The van der Waals surface area contributed by atoms with Gasteiger partial charge in [0.2, 0.25) is 0 Å². The van der Waals surface area contributed by atoms with E-state index >= 15 is 0 Å². The summed E-state index contributed by atoms with van der Waals surface area (Å²) in [5.41, 5.74) is 3.20. The van der Waals surface area contributed by atoms with Crippen LogP contribution in [0.5, 0.6) is 0 Å². The molecular formula is C24H42NO4-. The summed E-state index contributed by atoms with van der Waals surface area (Å²) in [5, 5.41) is 4.16. The molecule has 0 aromatic heterocycles. The van der Waals surface area contributed by atoms with Crippen LogP contribution in [0, 0.1) is 0 Å². The van der Waals surface area contributed by atoms with Crippen molar-refractivity contribution in [3.63, 3.8) is 0 Å². The third-order valence-corrected chi connectivity index (χ3v) is 5.16. The molecule has 0 heterocycles. The van der Waals surface area contributed by atoms with Gasteiger partial charge in [0.05, 0.1) is 24.4 Å². The molecule has 0 radical (unpaired) electrons. The summed E-state index contributed by atoms with van der Waals surface area (Å²) < 4.78 is 22.6. The average molecular weight is 409 g/mol. The molecule has 29 heavy (non-hydrogen) atoms. The van der Waals surface area contributed by atoms with Crippen LogP contribution in [0.15, 0.2) is 48.2 Å². The number of hydrogen-bond donors (Lipinski definition) is 0. The lowest BCUT2D eigenvalue weighted by Crippen LogP contribution is -2.30. The summed E-state index contributed by atoms with van der Waals surface area (Å²) in [5.74, 6) is 0. The molecule has 5 heteroatoms. The molecule has 0 aliphatic heterocycles. The molecule has 0 aliphatic rings. The van der Waals surface area contributed by atoms with E-state index < -0.39 is 0 Å². The molecule has 4 unspecified atom stereocenters. The lowest BCUT2D eigenvalue weighted by molar-refractivity contribution is -0.0259. The molecule has 4 atom stereocenters. The predicted octanol–water partition coefficient (Wildman–Crippen LogP) is 5.59. The fraction of sp³-hybridized carbons (Fsp3) is 0.667. The third kappa shape index (κ3) is 12.0. The highest BCUT2D eigenvalue weighted by molar-refractivity contribution is 5.26. The van der Waals surface area contributed by atoms with Gasteiger partial charge in [-0.15, -0.1) is 13.6 Å². The minimum Gasteiger partial charge on any atom is -0.691 e. The van der Waals surface area contributed by atoms with Crippen molar-refractivity contribution in [3.05, 3.63) is 53.5 Å². The van der Waals surface area contributed by atoms with Crippen LogP contribution in [-0.4, -0.2) is 59.9 Å². The first-order valence-corrected chi connectivity index (χ1v) is 10.2. The summed E-state index contributed by atoms with van der Waals surface area (Å²) in [4.78, 5) is 0. The van der Waals surface area contributed by atoms with Gasteiger partial charge in [0.1, 0.15) is 0 Å². The molecule has 0 amide bonds. The molecule has 0 bridgehead atoms. The van der Waals surface area contributed by atoms with Crippen LogP contribution in [0.4, 0.5) is 0 Å². The van der Waals surface area contributed by atoms with Crippen molar-refractivity contribution in [1.82, 2.24) is 0 Å². The van der Waals surface area contributed by atoms with Crippen LogP contribution in [0.1, 0.15) is 46.0 Å². The van der Waals surface area contributed by atoms with Gasteiger partial charge >= 0.3 is 0 Å². The molecule has 5 nitrogen and oxygen atoms in total. The second-order valence-corrected chi connectivity index (χ2v) is 7.37. The Labute approximate surface area is 178 Å². The molecule has 0 fully saturated rings. The minimum atomic E-state index is -0.111. The molecule has 0 spiro atoms. The maximum Gasteiger partial charge on any atom is 0.0840 e. The van der Waals surface area contributed by atoms with Gasteiger partial charge in [0, 0.05) is 41.3 Å². The average Bonchev–Trinajstić information content (AvgIpc) is 2.73. The Morgan fingerprint density at radius 1 is 0.897 bits per heavy atom. The molecule has 0 saturated heterocycles. The number of allylic oxidation sites excluding steroid dienone is 3. The summed E-state index contributed by atoms with van der Waals surface area (Å²) in [6.07, 6.45) is 10.0. The highest BCUT2D eigenvalue weighted by Crippen LogP contribution is 2.22.